The molecule has 1 aromatic carbocycles. The van der Waals surface area contributed by atoms with E-state index in [-0.39, 0.29) is 5.56 Å². The highest BCUT2D eigenvalue weighted by atomic mass is 79.9. The average molecular weight is 318 g/mol. The smallest absolute Gasteiger partial charge is 0.263 e. The second-order valence-electron chi connectivity index (χ2n) is 3.76. The molecule has 1 unspecified atom stereocenters. The lowest BCUT2D eigenvalue weighted by Crippen LogP contribution is -2.07. The lowest BCUT2D eigenvalue weighted by molar-refractivity contribution is 0.151. The number of aryl methyl sites for hydroxylation is 1. The number of nitrogens with zero attached hydrogens (tertiary/aromatic N) is 3. The van der Waals surface area contributed by atoms with E-state index < -0.39 is 12.5 Å². The van der Waals surface area contributed by atoms with Crippen molar-refractivity contribution < 1.29 is 13.9 Å². The van der Waals surface area contributed by atoms with Gasteiger partial charge in [0.05, 0.1) is 0 Å². The Kier molecular flexibility index (Phi) is 3.72. The molecule has 0 aliphatic heterocycles. The Balaban J connectivity index is 2.32. The Morgan fingerprint density at radius 1 is 1.22 bits per heavy atom. The second-order valence-corrected chi connectivity index (χ2v) is 4.51. The number of aliphatic hydroxyl groups is 1. The van der Waals surface area contributed by atoms with Gasteiger partial charge in [0.1, 0.15) is 11.8 Å². The van der Waals surface area contributed by atoms with Crippen LogP contribution in [0.25, 0.3) is 0 Å². The van der Waals surface area contributed by atoms with E-state index in [1.165, 1.54) is 28.9 Å². The summed E-state index contributed by atoms with van der Waals surface area (Å²) in [5, 5.41) is 17.7. The summed E-state index contributed by atoms with van der Waals surface area (Å²) in [7, 11) is 1.64. The van der Waals surface area contributed by atoms with Crippen LogP contribution in [-0.2, 0) is 7.05 Å². The molecule has 0 bridgehead atoms. The van der Waals surface area contributed by atoms with Gasteiger partial charge >= 0.3 is 0 Å². The predicted octanol–water partition coefficient (Wildman–Crippen LogP) is 2.60. The van der Waals surface area contributed by atoms with Crippen molar-refractivity contribution in [3.05, 3.63) is 45.7 Å². The Morgan fingerprint density at radius 3 is 2.22 bits per heavy atom. The number of rotatable bonds is 3. The number of aliphatic hydroxyl groups excluding tert-OH is 1. The SMILES string of the molecule is Cn1nnc(Br)c1C(O)c1ccc(C(F)F)cc1. The first-order valence-corrected chi connectivity index (χ1v) is 5.91. The van der Waals surface area contributed by atoms with Gasteiger partial charge in [-0.1, -0.05) is 29.5 Å². The summed E-state index contributed by atoms with van der Waals surface area (Å²) < 4.78 is 26.7. The van der Waals surface area contributed by atoms with E-state index in [1.54, 1.807) is 7.05 Å². The van der Waals surface area contributed by atoms with Gasteiger partial charge in [-0.3, -0.25) is 0 Å². The van der Waals surface area contributed by atoms with E-state index in [0.29, 0.717) is 15.9 Å². The maximum atomic E-state index is 12.4. The lowest BCUT2D eigenvalue weighted by Gasteiger charge is -2.12. The second kappa shape index (κ2) is 5.11. The fourth-order valence-electron chi connectivity index (χ4n) is 1.61. The third-order valence-electron chi connectivity index (χ3n) is 2.59. The quantitative estimate of drug-likeness (QED) is 0.946. The van der Waals surface area contributed by atoms with E-state index in [1.807, 2.05) is 0 Å². The molecule has 18 heavy (non-hydrogen) atoms. The molecule has 0 amide bonds. The summed E-state index contributed by atoms with van der Waals surface area (Å²) in [5.41, 5.74) is 0.901. The van der Waals surface area contributed by atoms with E-state index in [0.717, 1.165) is 0 Å². The van der Waals surface area contributed by atoms with Gasteiger partial charge in [0.2, 0.25) is 0 Å². The van der Waals surface area contributed by atoms with Crippen LogP contribution in [-0.4, -0.2) is 20.1 Å². The van der Waals surface area contributed by atoms with Crippen LogP contribution in [0.3, 0.4) is 0 Å². The van der Waals surface area contributed by atoms with Crippen molar-refractivity contribution in [2.24, 2.45) is 7.05 Å². The molecule has 0 spiro atoms. The number of aromatic nitrogens is 3. The molecule has 1 aromatic heterocycles. The Morgan fingerprint density at radius 2 is 1.78 bits per heavy atom. The summed E-state index contributed by atoms with van der Waals surface area (Å²) in [6.45, 7) is 0. The number of alkyl halides is 2. The van der Waals surface area contributed by atoms with Crippen molar-refractivity contribution >= 4 is 15.9 Å². The van der Waals surface area contributed by atoms with Crippen LogP contribution in [0.5, 0.6) is 0 Å². The minimum atomic E-state index is -2.51. The number of hydrogen-bond donors (Lipinski definition) is 1. The molecule has 0 aliphatic rings. The molecule has 1 atom stereocenters. The van der Waals surface area contributed by atoms with Crippen molar-refractivity contribution in [2.75, 3.05) is 0 Å². The fourth-order valence-corrected chi connectivity index (χ4v) is 2.16. The highest BCUT2D eigenvalue weighted by Crippen LogP contribution is 2.28. The van der Waals surface area contributed by atoms with Gasteiger partial charge in [-0.15, -0.1) is 5.10 Å². The van der Waals surface area contributed by atoms with Gasteiger partial charge in [-0.25, -0.2) is 13.5 Å². The molecule has 0 radical (unpaired) electrons. The van der Waals surface area contributed by atoms with Crippen LogP contribution in [0.4, 0.5) is 8.78 Å². The van der Waals surface area contributed by atoms with Crippen molar-refractivity contribution in [3.63, 3.8) is 0 Å². The Labute approximate surface area is 110 Å². The summed E-state index contributed by atoms with van der Waals surface area (Å²) >= 11 is 3.18. The van der Waals surface area contributed by atoms with E-state index in [2.05, 4.69) is 26.2 Å². The topological polar surface area (TPSA) is 50.9 Å². The Bertz CT molecular complexity index is 522. The van der Waals surface area contributed by atoms with Crippen LogP contribution in [0.2, 0.25) is 0 Å². The third-order valence-corrected chi connectivity index (χ3v) is 3.15. The Hall–Kier alpha value is -1.34. The zero-order valence-electron chi connectivity index (χ0n) is 9.39. The van der Waals surface area contributed by atoms with E-state index in [4.69, 9.17) is 0 Å². The minimum absolute atomic E-state index is 0.0758. The first-order valence-electron chi connectivity index (χ1n) is 5.12. The van der Waals surface area contributed by atoms with Crippen LogP contribution in [0.1, 0.15) is 29.4 Å². The molecule has 0 fully saturated rings. The standard InChI is InChI=1S/C11H10BrF2N3O/c1-17-8(10(12)15-16-17)9(18)6-2-4-7(5-3-6)11(13)14/h2-5,9,11,18H,1H3. The van der Waals surface area contributed by atoms with Gasteiger partial charge in [-0.05, 0) is 21.5 Å². The van der Waals surface area contributed by atoms with Gasteiger partial charge in [-0.2, -0.15) is 0 Å². The highest BCUT2D eigenvalue weighted by Gasteiger charge is 2.19. The highest BCUT2D eigenvalue weighted by molar-refractivity contribution is 9.10. The summed E-state index contributed by atoms with van der Waals surface area (Å²) in [6.07, 6.45) is -3.48. The molecular weight excluding hydrogens is 308 g/mol. The first kappa shape index (κ1) is 13.1. The molecule has 7 heteroatoms. The largest absolute Gasteiger partial charge is 0.382 e. The van der Waals surface area contributed by atoms with Gasteiger partial charge in [0.25, 0.3) is 6.43 Å². The zero-order valence-corrected chi connectivity index (χ0v) is 11.0. The van der Waals surface area contributed by atoms with Crippen molar-refractivity contribution in [1.82, 2.24) is 15.0 Å². The van der Waals surface area contributed by atoms with Crippen LogP contribution in [0.15, 0.2) is 28.9 Å². The van der Waals surface area contributed by atoms with Crippen LogP contribution >= 0.6 is 15.9 Å². The van der Waals surface area contributed by atoms with Crippen molar-refractivity contribution in [1.29, 1.82) is 0 Å². The van der Waals surface area contributed by atoms with E-state index >= 15 is 0 Å². The molecule has 0 saturated heterocycles. The van der Waals surface area contributed by atoms with Crippen molar-refractivity contribution in [2.45, 2.75) is 12.5 Å². The molecule has 4 nitrogen and oxygen atoms in total. The summed E-state index contributed by atoms with van der Waals surface area (Å²) in [4.78, 5) is 0. The van der Waals surface area contributed by atoms with Gasteiger partial charge in [0, 0.05) is 12.6 Å². The van der Waals surface area contributed by atoms with Crippen molar-refractivity contribution in [3.8, 4) is 0 Å². The third kappa shape index (κ3) is 2.41. The fraction of sp³-hybridized carbons (Fsp3) is 0.273. The molecule has 1 N–H and O–H groups in total. The molecule has 0 aliphatic carbocycles. The molecule has 2 rings (SSSR count). The first-order chi connectivity index (χ1) is 8.50. The molecule has 96 valence electrons. The lowest BCUT2D eigenvalue weighted by atomic mass is 10.1. The maximum Gasteiger partial charge on any atom is 0.263 e. The number of halogens is 3. The molecule has 0 saturated carbocycles. The summed E-state index contributed by atoms with van der Waals surface area (Å²) in [6, 6.07) is 5.51. The summed E-state index contributed by atoms with van der Waals surface area (Å²) in [5.74, 6) is 0. The van der Waals surface area contributed by atoms with Gasteiger partial charge < -0.3 is 5.11 Å². The maximum absolute atomic E-state index is 12.4. The molecule has 2 aromatic rings. The number of hydrogen-bond acceptors (Lipinski definition) is 3. The minimum Gasteiger partial charge on any atom is -0.382 e. The van der Waals surface area contributed by atoms with Gasteiger partial charge in [0.15, 0.2) is 4.60 Å². The normalized spacial score (nSPS) is 13.0. The average Bonchev–Trinajstić information content (AvgIpc) is 2.68. The number of benzene rings is 1. The van der Waals surface area contributed by atoms with E-state index in [9.17, 15) is 13.9 Å². The monoisotopic (exact) mass is 317 g/mol. The zero-order chi connectivity index (χ0) is 13.3. The van der Waals surface area contributed by atoms with Crippen LogP contribution in [0, 0.1) is 0 Å². The molecule has 1 heterocycles. The molecular formula is C11H10BrF2N3O. The predicted molar refractivity (Wildman–Crippen MR) is 64.2 cm³/mol. The van der Waals surface area contributed by atoms with Crippen LogP contribution < -0.4 is 0 Å².